The van der Waals surface area contributed by atoms with E-state index in [0.717, 1.165) is 18.2 Å². The summed E-state index contributed by atoms with van der Waals surface area (Å²) < 4.78 is 32.7. The molecule has 6 heteroatoms. The van der Waals surface area contributed by atoms with Crippen LogP contribution in [0.25, 0.3) is 0 Å². The molecule has 1 aromatic carbocycles. The van der Waals surface area contributed by atoms with E-state index in [1.54, 1.807) is 18.5 Å². The Labute approximate surface area is 132 Å². The molecule has 1 amide bonds. The third-order valence-electron chi connectivity index (χ3n) is 3.83. The Kier molecular flexibility index (Phi) is 4.50. The number of hydrogen-bond donors (Lipinski definition) is 0. The number of piperidine rings is 1. The minimum atomic E-state index is -0.704. The minimum absolute atomic E-state index is 0.0133. The van der Waals surface area contributed by atoms with Crippen molar-refractivity contribution in [3.05, 3.63) is 59.9 Å². The summed E-state index contributed by atoms with van der Waals surface area (Å²) >= 11 is 0. The summed E-state index contributed by atoms with van der Waals surface area (Å²) in [5, 5.41) is 0. The van der Waals surface area contributed by atoms with Gasteiger partial charge in [0.25, 0.3) is 5.91 Å². The lowest BCUT2D eigenvalue weighted by molar-refractivity contribution is 0.0590. The molecule has 1 fully saturated rings. The van der Waals surface area contributed by atoms with E-state index in [1.165, 1.54) is 4.90 Å². The van der Waals surface area contributed by atoms with Gasteiger partial charge in [-0.3, -0.25) is 9.78 Å². The number of nitrogens with zero attached hydrogens (tertiary/aromatic N) is 2. The van der Waals surface area contributed by atoms with Gasteiger partial charge in [0, 0.05) is 32.1 Å². The zero-order valence-electron chi connectivity index (χ0n) is 12.4. The first-order chi connectivity index (χ1) is 11.1. The van der Waals surface area contributed by atoms with Gasteiger partial charge in [0.1, 0.15) is 23.5 Å². The quantitative estimate of drug-likeness (QED) is 0.873. The molecular formula is C17H16F2N2O2. The second kappa shape index (κ2) is 6.73. The van der Waals surface area contributed by atoms with Gasteiger partial charge in [0.15, 0.2) is 0 Å². The Balaban J connectivity index is 1.60. The van der Waals surface area contributed by atoms with Gasteiger partial charge in [-0.1, -0.05) is 0 Å². The van der Waals surface area contributed by atoms with Crippen molar-refractivity contribution in [1.82, 2.24) is 9.88 Å². The van der Waals surface area contributed by atoms with E-state index in [4.69, 9.17) is 4.74 Å². The normalized spacial score (nSPS) is 15.5. The topological polar surface area (TPSA) is 42.4 Å². The van der Waals surface area contributed by atoms with E-state index in [9.17, 15) is 13.6 Å². The molecule has 0 radical (unpaired) electrons. The lowest BCUT2D eigenvalue weighted by Gasteiger charge is -2.32. The van der Waals surface area contributed by atoms with Crippen LogP contribution in [0.5, 0.6) is 5.75 Å². The first-order valence-electron chi connectivity index (χ1n) is 7.44. The van der Waals surface area contributed by atoms with Crippen molar-refractivity contribution in [3.63, 3.8) is 0 Å². The molecule has 0 unspecified atom stereocenters. The Morgan fingerprint density at radius 1 is 1.22 bits per heavy atom. The number of hydrogen-bond acceptors (Lipinski definition) is 3. The fourth-order valence-corrected chi connectivity index (χ4v) is 2.62. The molecule has 1 aliphatic heterocycles. The second-order valence-electron chi connectivity index (χ2n) is 5.42. The van der Waals surface area contributed by atoms with Gasteiger partial charge in [-0.15, -0.1) is 0 Å². The molecule has 3 rings (SSSR count). The van der Waals surface area contributed by atoms with E-state index < -0.39 is 17.5 Å². The van der Waals surface area contributed by atoms with Crippen molar-refractivity contribution in [3.8, 4) is 5.75 Å². The SMILES string of the molecule is O=C(c1cc(F)ccc1F)N1CCC(Oc2cccnc2)CC1. The van der Waals surface area contributed by atoms with Crippen LogP contribution < -0.4 is 4.74 Å². The third kappa shape index (κ3) is 3.64. The van der Waals surface area contributed by atoms with E-state index in [1.807, 2.05) is 6.07 Å². The molecule has 0 aliphatic carbocycles. The molecule has 23 heavy (non-hydrogen) atoms. The lowest BCUT2D eigenvalue weighted by Crippen LogP contribution is -2.42. The summed E-state index contributed by atoms with van der Waals surface area (Å²) in [6, 6.07) is 6.53. The van der Waals surface area contributed by atoms with E-state index in [-0.39, 0.29) is 11.7 Å². The summed E-state index contributed by atoms with van der Waals surface area (Å²) in [6.07, 6.45) is 4.57. The first kappa shape index (κ1) is 15.4. The van der Waals surface area contributed by atoms with Crippen LogP contribution in [0.1, 0.15) is 23.2 Å². The number of ether oxygens (including phenoxy) is 1. The Hall–Kier alpha value is -2.50. The fourth-order valence-electron chi connectivity index (χ4n) is 2.62. The van der Waals surface area contributed by atoms with Gasteiger partial charge in [0.05, 0.1) is 11.8 Å². The smallest absolute Gasteiger partial charge is 0.256 e. The van der Waals surface area contributed by atoms with E-state index >= 15 is 0 Å². The highest BCUT2D eigenvalue weighted by atomic mass is 19.1. The van der Waals surface area contributed by atoms with E-state index in [0.29, 0.717) is 31.7 Å². The zero-order chi connectivity index (χ0) is 16.2. The van der Waals surface area contributed by atoms with Crippen LogP contribution in [0.4, 0.5) is 8.78 Å². The molecule has 1 aliphatic rings. The molecule has 0 spiro atoms. The van der Waals surface area contributed by atoms with Crippen LogP contribution in [-0.2, 0) is 0 Å². The molecule has 0 bridgehead atoms. The lowest BCUT2D eigenvalue weighted by atomic mass is 10.1. The van der Waals surface area contributed by atoms with Crippen molar-refractivity contribution in [2.24, 2.45) is 0 Å². The highest BCUT2D eigenvalue weighted by Crippen LogP contribution is 2.20. The summed E-state index contributed by atoms with van der Waals surface area (Å²) in [5.74, 6) is -1.12. The molecule has 1 saturated heterocycles. The standard InChI is InChI=1S/C17H16F2N2O2/c18-12-3-4-16(19)15(10-12)17(22)21-8-5-13(6-9-21)23-14-2-1-7-20-11-14/h1-4,7,10-11,13H,5-6,8-9H2. The van der Waals surface area contributed by atoms with Gasteiger partial charge in [-0.25, -0.2) is 8.78 Å². The number of pyridine rings is 1. The first-order valence-corrected chi connectivity index (χ1v) is 7.44. The molecule has 0 saturated carbocycles. The summed E-state index contributed by atoms with van der Waals surface area (Å²) in [4.78, 5) is 17.8. The predicted octanol–water partition coefficient (Wildman–Crippen LogP) is 3.04. The Bertz CT molecular complexity index is 686. The maximum absolute atomic E-state index is 13.7. The van der Waals surface area contributed by atoms with Crippen molar-refractivity contribution < 1.29 is 18.3 Å². The van der Waals surface area contributed by atoms with Crippen molar-refractivity contribution in [2.75, 3.05) is 13.1 Å². The Morgan fingerprint density at radius 2 is 2.00 bits per heavy atom. The van der Waals surface area contributed by atoms with Gasteiger partial charge in [0.2, 0.25) is 0 Å². The molecule has 1 aromatic heterocycles. The summed E-state index contributed by atoms with van der Waals surface area (Å²) in [5.41, 5.74) is -0.225. The van der Waals surface area contributed by atoms with Gasteiger partial charge in [-0.05, 0) is 30.3 Å². The van der Waals surface area contributed by atoms with Crippen LogP contribution >= 0.6 is 0 Å². The number of amides is 1. The van der Waals surface area contributed by atoms with E-state index in [2.05, 4.69) is 4.98 Å². The monoisotopic (exact) mass is 318 g/mol. The van der Waals surface area contributed by atoms with Crippen LogP contribution in [0.3, 0.4) is 0 Å². The van der Waals surface area contributed by atoms with Crippen LogP contribution in [0.15, 0.2) is 42.7 Å². The molecule has 2 aromatic rings. The summed E-state index contributed by atoms with van der Waals surface area (Å²) in [7, 11) is 0. The summed E-state index contributed by atoms with van der Waals surface area (Å²) in [6.45, 7) is 0.888. The maximum atomic E-state index is 13.7. The highest BCUT2D eigenvalue weighted by molar-refractivity contribution is 5.94. The number of likely N-dealkylation sites (tertiary alicyclic amines) is 1. The number of benzene rings is 1. The zero-order valence-corrected chi connectivity index (χ0v) is 12.4. The largest absolute Gasteiger partial charge is 0.489 e. The fraction of sp³-hybridized carbons (Fsp3) is 0.294. The number of rotatable bonds is 3. The van der Waals surface area contributed by atoms with Gasteiger partial charge >= 0.3 is 0 Å². The van der Waals surface area contributed by atoms with Crippen molar-refractivity contribution in [1.29, 1.82) is 0 Å². The predicted molar refractivity (Wildman–Crippen MR) is 80.1 cm³/mol. The second-order valence-corrected chi connectivity index (χ2v) is 5.42. The molecule has 2 heterocycles. The number of aromatic nitrogens is 1. The Morgan fingerprint density at radius 3 is 2.70 bits per heavy atom. The number of carbonyl (C=O) groups is 1. The molecule has 0 atom stereocenters. The third-order valence-corrected chi connectivity index (χ3v) is 3.83. The number of carbonyl (C=O) groups excluding carboxylic acids is 1. The number of halogens is 2. The van der Waals surface area contributed by atoms with Gasteiger partial charge < -0.3 is 9.64 Å². The van der Waals surface area contributed by atoms with Crippen LogP contribution in [0, 0.1) is 11.6 Å². The molecule has 0 N–H and O–H groups in total. The van der Waals surface area contributed by atoms with Gasteiger partial charge in [-0.2, -0.15) is 0 Å². The molecular weight excluding hydrogens is 302 g/mol. The van der Waals surface area contributed by atoms with Crippen LogP contribution in [0.2, 0.25) is 0 Å². The van der Waals surface area contributed by atoms with Crippen molar-refractivity contribution in [2.45, 2.75) is 18.9 Å². The molecule has 4 nitrogen and oxygen atoms in total. The average Bonchev–Trinajstić information content (AvgIpc) is 2.58. The maximum Gasteiger partial charge on any atom is 0.256 e. The average molecular weight is 318 g/mol. The highest BCUT2D eigenvalue weighted by Gasteiger charge is 2.26. The minimum Gasteiger partial charge on any atom is -0.489 e. The van der Waals surface area contributed by atoms with Crippen molar-refractivity contribution >= 4 is 5.91 Å². The molecule has 120 valence electrons. The van der Waals surface area contributed by atoms with Crippen LogP contribution in [-0.4, -0.2) is 35.0 Å².